The van der Waals surface area contributed by atoms with Crippen molar-refractivity contribution in [2.75, 3.05) is 0 Å². The molecule has 1 unspecified atom stereocenters. The summed E-state index contributed by atoms with van der Waals surface area (Å²) in [5, 5.41) is 10.2. The van der Waals surface area contributed by atoms with Crippen molar-refractivity contribution in [1.82, 2.24) is 4.57 Å². The Labute approximate surface area is 151 Å². The fourth-order valence-electron chi connectivity index (χ4n) is 4.04. The van der Waals surface area contributed by atoms with Crippen LogP contribution in [-0.2, 0) is 11.2 Å². The van der Waals surface area contributed by atoms with E-state index in [0.717, 1.165) is 46.1 Å². The van der Waals surface area contributed by atoms with E-state index in [9.17, 15) is 14.3 Å². The minimum atomic E-state index is -0.848. The molecule has 0 bridgehead atoms. The number of aryl methyl sites for hydroxylation is 1. The molecular formula is C22H20FNO2. The topological polar surface area (TPSA) is 42.2 Å². The summed E-state index contributed by atoms with van der Waals surface area (Å²) in [6, 6.07) is 15.0. The number of halogens is 1. The number of carboxylic acid groups (broad SMARTS) is 1. The van der Waals surface area contributed by atoms with Crippen LogP contribution >= 0.6 is 0 Å². The number of hydrogen-bond donors (Lipinski definition) is 1. The first-order chi connectivity index (χ1) is 12.6. The lowest BCUT2D eigenvalue weighted by atomic mass is 9.93. The molecule has 1 aliphatic rings. The monoisotopic (exact) mass is 349 g/mol. The highest BCUT2D eigenvalue weighted by Crippen LogP contribution is 2.40. The number of benzene rings is 2. The van der Waals surface area contributed by atoms with Crippen LogP contribution in [-0.4, -0.2) is 15.6 Å². The minimum absolute atomic E-state index is 0.0169. The molecule has 0 amide bonds. The van der Waals surface area contributed by atoms with Crippen LogP contribution in [0.4, 0.5) is 4.39 Å². The molecule has 0 spiro atoms. The largest absolute Gasteiger partial charge is 0.481 e. The van der Waals surface area contributed by atoms with Gasteiger partial charge in [-0.1, -0.05) is 36.4 Å². The predicted molar refractivity (Wildman–Crippen MR) is 101 cm³/mol. The number of aliphatic carboxylic acids is 1. The maximum absolute atomic E-state index is 13.9. The molecule has 0 saturated heterocycles. The van der Waals surface area contributed by atoms with Crippen LogP contribution in [0, 0.1) is 5.82 Å². The quantitative estimate of drug-likeness (QED) is 0.704. The van der Waals surface area contributed by atoms with E-state index in [0.29, 0.717) is 0 Å². The summed E-state index contributed by atoms with van der Waals surface area (Å²) in [7, 11) is 0. The summed E-state index contributed by atoms with van der Waals surface area (Å²) in [5.41, 5.74) is 4.90. The number of hydrogen-bond acceptors (Lipinski definition) is 1. The van der Waals surface area contributed by atoms with Crippen LogP contribution in [0.3, 0.4) is 0 Å². The van der Waals surface area contributed by atoms with Crippen LogP contribution in [0.25, 0.3) is 16.5 Å². The molecule has 3 aromatic rings. The molecule has 4 heteroatoms. The highest BCUT2D eigenvalue weighted by Gasteiger charge is 2.26. The second kappa shape index (κ2) is 6.45. The maximum atomic E-state index is 13.9. The van der Waals surface area contributed by atoms with Crippen molar-refractivity contribution < 1.29 is 14.3 Å². The fraction of sp³-hybridized carbons (Fsp3) is 0.227. The molecule has 26 heavy (non-hydrogen) atoms. The molecule has 2 aromatic carbocycles. The molecule has 1 aliphatic carbocycles. The molecule has 0 fully saturated rings. The number of aromatic nitrogens is 1. The third-order valence-corrected chi connectivity index (χ3v) is 5.17. The van der Waals surface area contributed by atoms with E-state index in [1.165, 1.54) is 6.07 Å². The Balaban J connectivity index is 2.00. The van der Waals surface area contributed by atoms with Gasteiger partial charge in [0.15, 0.2) is 0 Å². The van der Waals surface area contributed by atoms with Gasteiger partial charge in [-0.05, 0) is 54.7 Å². The van der Waals surface area contributed by atoms with E-state index in [1.807, 2.05) is 24.3 Å². The number of rotatable bonds is 4. The fourth-order valence-corrected chi connectivity index (χ4v) is 4.04. The molecule has 4 rings (SSSR count). The zero-order valence-corrected chi connectivity index (χ0v) is 14.6. The van der Waals surface area contributed by atoms with Gasteiger partial charge in [-0.25, -0.2) is 4.39 Å². The van der Waals surface area contributed by atoms with E-state index >= 15 is 0 Å². The van der Waals surface area contributed by atoms with Crippen molar-refractivity contribution >= 4 is 22.4 Å². The number of allylic oxidation sites excluding steroid dienone is 1. The normalized spacial score (nSPS) is 14.8. The smallest absolute Gasteiger partial charge is 0.307 e. The maximum Gasteiger partial charge on any atom is 0.307 e. The lowest BCUT2D eigenvalue weighted by Crippen LogP contribution is -2.13. The average molecular weight is 349 g/mol. The molecule has 1 aromatic heterocycles. The Morgan fingerprint density at radius 1 is 1.23 bits per heavy atom. The van der Waals surface area contributed by atoms with Gasteiger partial charge in [0.05, 0.1) is 12.5 Å². The molecule has 0 saturated carbocycles. The Morgan fingerprint density at radius 3 is 2.73 bits per heavy atom. The number of fused-ring (bicyclic) bond motifs is 3. The van der Waals surface area contributed by atoms with E-state index in [2.05, 4.69) is 23.6 Å². The van der Waals surface area contributed by atoms with Gasteiger partial charge in [-0.3, -0.25) is 4.79 Å². The van der Waals surface area contributed by atoms with E-state index in [4.69, 9.17) is 0 Å². The van der Waals surface area contributed by atoms with Gasteiger partial charge in [0.2, 0.25) is 0 Å². The van der Waals surface area contributed by atoms with E-state index in [1.54, 1.807) is 12.1 Å². The molecule has 0 radical (unpaired) electrons. The lowest BCUT2D eigenvalue weighted by Gasteiger charge is -2.23. The van der Waals surface area contributed by atoms with Gasteiger partial charge in [-0.15, -0.1) is 0 Å². The number of carbonyl (C=O) groups is 1. The second-order valence-electron chi connectivity index (χ2n) is 6.78. The van der Waals surface area contributed by atoms with Gasteiger partial charge in [0, 0.05) is 16.6 Å². The number of nitrogens with zero attached hydrogens (tertiary/aromatic N) is 1. The van der Waals surface area contributed by atoms with Crippen molar-refractivity contribution in [2.45, 2.75) is 32.2 Å². The summed E-state index contributed by atoms with van der Waals surface area (Å²) in [5.74, 6) is -1.11. The van der Waals surface area contributed by atoms with Crippen LogP contribution in [0.1, 0.15) is 42.6 Å². The summed E-state index contributed by atoms with van der Waals surface area (Å²) in [6.07, 6.45) is 3.57. The van der Waals surface area contributed by atoms with Crippen molar-refractivity contribution in [2.24, 2.45) is 0 Å². The second-order valence-corrected chi connectivity index (χ2v) is 6.78. The van der Waals surface area contributed by atoms with Crippen LogP contribution < -0.4 is 0 Å². The molecular weight excluding hydrogens is 329 g/mol. The third-order valence-electron chi connectivity index (χ3n) is 5.17. The van der Waals surface area contributed by atoms with Gasteiger partial charge in [0.1, 0.15) is 5.82 Å². The summed E-state index contributed by atoms with van der Waals surface area (Å²) in [4.78, 5) is 11.4. The molecule has 132 valence electrons. The Hall–Kier alpha value is -2.88. The highest BCUT2D eigenvalue weighted by atomic mass is 19.1. The SMILES string of the molecule is CC(c1ccccc1)n1c2c(c3cc(F)ccc31)CCC=C2CC(=O)O. The predicted octanol–water partition coefficient (Wildman–Crippen LogP) is 5.19. The van der Waals surface area contributed by atoms with Gasteiger partial charge >= 0.3 is 5.97 Å². The molecule has 1 N–H and O–H groups in total. The third kappa shape index (κ3) is 2.71. The lowest BCUT2D eigenvalue weighted by molar-refractivity contribution is -0.135. The highest BCUT2D eigenvalue weighted by molar-refractivity contribution is 5.94. The van der Waals surface area contributed by atoms with E-state index < -0.39 is 5.97 Å². The Morgan fingerprint density at radius 2 is 2.00 bits per heavy atom. The van der Waals surface area contributed by atoms with Crippen molar-refractivity contribution in [3.8, 4) is 0 Å². The first-order valence-electron chi connectivity index (χ1n) is 8.84. The standard InChI is InChI=1S/C22H20FNO2/c1-14(15-6-3-2-4-7-15)24-20-11-10-17(23)13-19(20)18-9-5-8-16(22(18)24)12-21(25)26/h2-4,6-8,10-11,13-14H,5,9,12H2,1H3,(H,25,26). The zero-order chi connectivity index (χ0) is 18.3. The molecule has 3 nitrogen and oxygen atoms in total. The summed E-state index contributed by atoms with van der Waals surface area (Å²) < 4.78 is 16.1. The zero-order valence-electron chi connectivity index (χ0n) is 14.6. The van der Waals surface area contributed by atoms with Crippen LogP contribution in [0.5, 0.6) is 0 Å². The van der Waals surface area contributed by atoms with Crippen molar-refractivity contribution in [1.29, 1.82) is 0 Å². The van der Waals surface area contributed by atoms with Gasteiger partial charge in [-0.2, -0.15) is 0 Å². The summed E-state index contributed by atoms with van der Waals surface area (Å²) >= 11 is 0. The van der Waals surface area contributed by atoms with Crippen LogP contribution in [0.2, 0.25) is 0 Å². The Bertz CT molecular complexity index is 1020. The first-order valence-corrected chi connectivity index (χ1v) is 8.84. The van der Waals surface area contributed by atoms with E-state index in [-0.39, 0.29) is 18.3 Å². The molecule has 1 heterocycles. The first kappa shape index (κ1) is 16.6. The summed E-state index contributed by atoms with van der Waals surface area (Å²) in [6.45, 7) is 2.10. The minimum Gasteiger partial charge on any atom is -0.481 e. The molecule has 1 atom stereocenters. The van der Waals surface area contributed by atoms with Crippen LogP contribution in [0.15, 0.2) is 54.6 Å². The molecule has 0 aliphatic heterocycles. The van der Waals surface area contributed by atoms with Gasteiger partial charge < -0.3 is 9.67 Å². The van der Waals surface area contributed by atoms with Crippen molar-refractivity contribution in [3.63, 3.8) is 0 Å². The number of carboxylic acids is 1. The Kier molecular flexibility index (Phi) is 4.11. The average Bonchev–Trinajstić information content (AvgIpc) is 2.96. The van der Waals surface area contributed by atoms with Gasteiger partial charge in [0.25, 0.3) is 0 Å². The van der Waals surface area contributed by atoms with Crippen molar-refractivity contribution in [3.05, 3.63) is 77.2 Å².